The molecule has 8 rings (SSSR count). The van der Waals surface area contributed by atoms with Gasteiger partial charge in [-0.05, 0) is 137 Å². The van der Waals surface area contributed by atoms with Crippen LogP contribution < -0.4 is 15.6 Å². The maximum atomic E-state index is 15.3. The zero-order valence-electron chi connectivity index (χ0n) is 37.7. The van der Waals surface area contributed by atoms with E-state index in [2.05, 4.69) is 29.9 Å². The Morgan fingerprint density at radius 2 is 1.13 bits per heavy atom. The zero-order valence-corrected chi connectivity index (χ0v) is 37.7. The minimum Gasteiger partial charge on any atom is -0.406 e. The van der Waals surface area contributed by atoms with Crippen LogP contribution >= 0.6 is 0 Å². The number of hydrogen-bond acceptors (Lipinski definition) is 8. The van der Waals surface area contributed by atoms with Crippen LogP contribution in [0.2, 0.25) is 0 Å². The number of pyridine rings is 3. The van der Waals surface area contributed by atoms with Crippen molar-refractivity contribution in [2.45, 2.75) is 122 Å². The lowest BCUT2D eigenvalue weighted by atomic mass is 9.92. The summed E-state index contributed by atoms with van der Waals surface area (Å²) in [6.07, 6.45) is -6.77. The van der Waals surface area contributed by atoms with E-state index in [1.807, 2.05) is 6.92 Å². The standard InChI is InChI=1S/C24H21F6N3O2.C24H23F5N4O/c1-13-11-19-21(31-14(13)2)22(34)20(32-33(19)16-7-9-23(26,27)10-8-16)18(25)12-15-3-5-17(6-4-15)35-24(28,29)30;1-13-11-18-21(31-15(13)3)22(34)20(32-33(18)17-4-7-23(25,26)8-5-17)14(2)10-16-6-9-30-19(12-16)24(27,28)29/h3-6,11-12,16H,7-10H2,1-2H3;6,9-12,17H,4-5,7-8H2,1-3H3/b18-12-;14-10+. The van der Waals surface area contributed by atoms with Gasteiger partial charge in [0.25, 0.3) is 0 Å². The van der Waals surface area contributed by atoms with Gasteiger partial charge in [-0.2, -0.15) is 23.4 Å². The first-order valence-corrected chi connectivity index (χ1v) is 21.7. The summed E-state index contributed by atoms with van der Waals surface area (Å²) in [4.78, 5) is 38.5. The van der Waals surface area contributed by atoms with Crippen LogP contribution in [0.3, 0.4) is 0 Å². The van der Waals surface area contributed by atoms with Crippen LogP contribution in [0.15, 0.2) is 64.3 Å². The highest BCUT2D eigenvalue weighted by Crippen LogP contribution is 2.41. The smallest absolute Gasteiger partial charge is 0.406 e. The Hall–Kier alpha value is -6.54. The van der Waals surface area contributed by atoms with Crippen molar-refractivity contribution < 1.29 is 53.0 Å². The van der Waals surface area contributed by atoms with E-state index in [-0.39, 0.29) is 85.3 Å². The molecule has 0 N–H and O–H groups in total. The molecule has 6 aromatic rings. The summed E-state index contributed by atoms with van der Waals surface area (Å²) in [6.45, 7) is 8.65. The molecule has 366 valence electrons. The molecule has 2 fully saturated rings. The second-order valence-corrected chi connectivity index (χ2v) is 17.3. The van der Waals surface area contributed by atoms with Gasteiger partial charge < -0.3 is 4.74 Å². The molecule has 10 nitrogen and oxygen atoms in total. The normalized spacial score (nSPS) is 17.2. The van der Waals surface area contributed by atoms with Crippen molar-refractivity contribution >= 4 is 45.6 Å². The number of benzene rings is 1. The van der Waals surface area contributed by atoms with Gasteiger partial charge in [-0.1, -0.05) is 12.1 Å². The van der Waals surface area contributed by atoms with Crippen molar-refractivity contribution in [2.24, 2.45) is 0 Å². The summed E-state index contributed by atoms with van der Waals surface area (Å²) >= 11 is 0. The highest BCUT2D eigenvalue weighted by molar-refractivity contribution is 5.84. The summed E-state index contributed by atoms with van der Waals surface area (Å²) in [6, 6.07) is 9.31. The van der Waals surface area contributed by atoms with Gasteiger partial charge >= 0.3 is 12.5 Å². The number of allylic oxidation sites excluding steroid dienone is 1. The molecule has 0 unspecified atom stereocenters. The van der Waals surface area contributed by atoms with E-state index in [9.17, 15) is 53.5 Å². The number of ether oxygens (including phenoxy) is 1. The second kappa shape index (κ2) is 19.1. The van der Waals surface area contributed by atoms with E-state index in [1.54, 1.807) is 44.5 Å². The lowest BCUT2D eigenvalue weighted by Crippen LogP contribution is -2.29. The van der Waals surface area contributed by atoms with Crippen LogP contribution in [0, 0.1) is 27.7 Å². The van der Waals surface area contributed by atoms with Gasteiger partial charge in [0.05, 0.1) is 23.1 Å². The molecule has 5 aromatic heterocycles. The maximum Gasteiger partial charge on any atom is 0.573 e. The fraction of sp³-hybridized carbons (Fsp3) is 0.396. The Labute approximate surface area is 386 Å². The fourth-order valence-corrected chi connectivity index (χ4v) is 8.20. The monoisotopic (exact) mass is 975 g/mol. The van der Waals surface area contributed by atoms with Crippen LogP contribution in [0.5, 0.6) is 5.75 Å². The number of nitrogens with zero attached hydrogens (tertiary/aromatic N) is 7. The van der Waals surface area contributed by atoms with Crippen molar-refractivity contribution in [1.82, 2.24) is 34.5 Å². The van der Waals surface area contributed by atoms with Crippen LogP contribution in [0.4, 0.5) is 48.3 Å². The van der Waals surface area contributed by atoms with E-state index in [0.29, 0.717) is 28.0 Å². The third-order valence-corrected chi connectivity index (χ3v) is 12.2. The molecule has 0 atom stereocenters. The molecule has 0 aliphatic heterocycles. The molecule has 1 aromatic carbocycles. The summed E-state index contributed by atoms with van der Waals surface area (Å²) in [5, 5.41) is 8.73. The number of aryl methyl sites for hydroxylation is 4. The summed E-state index contributed by atoms with van der Waals surface area (Å²) < 4.78 is 153. The average Bonchev–Trinajstić information content (AvgIpc) is 3.26. The third-order valence-electron chi connectivity index (χ3n) is 12.2. The molecule has 2 saturated carbocycles. The zero-order chi connectivity index (χ0) is 50.4. The van der Waals surface area contributed by atoms with Crippen LogP contribution in [0.25, 0.3) is 45.6 Å². The SMILES string of the molecule is C/C(=C\c1ccnc(C(F)(F)F)c1)c1nn(C2CCC(F)(F)CC2)c2cc(C)c(C)nc2c1=O.Cc1cc2c(nc1C)c(=O)c(/C(F)=C/c1ccc(OC(F)(F)F)cc1)nn2C1CCC(F)(F)CC1. The number of alkyl halides is 10. The number of fused-ring (bicyclic) bond motifs is 2. The molecule has 0 spiro atoms. The molecule has 2 aliphatic rings. The Bertz CT molecular complexity index is 3090. The molecule has 0 amide bonds. The predicted octanol–water partition coefficient (Wildman–Crippen LogP) is 12.7. The largest absolute Gasteiger partial charge is 0.573 e. The Kier molecular flexibility index (Phi) is 13.9. The number of aromatic nitrogens is 7. The molecule has 2 aliphatic carbocycles. The fourth-order valence-electron chi connectivity index (χ4n) is 8.20. The van der Waals surface area contributed by atoms with Gasteiger partial charge in [0, 0.05) is 43.3 Å². The minimum absolute atomic E-state index is 0.0194. The van der Waals surface area contributed by atoms with E-state index in [0.717, 1.165) is 41.6 Å². The molecule has 5 heterocycles. The maximum absolute atomic E-state index is 15.3. The Morgan fingerprint density at radius 3 is 1.59 bits per heavy atom. The summed E-state index contributed by atoms with van der Waals surface area (Å²) in [7, 11) is 0. The van der Waals surface area contributed by atoms with E-state index in [4.69, 9.17) is 0 Å². The van der Waals surface area contributed by atoms with Gasteiger partial charge in [0.15, 0.2) is 11.5 Å². The van der Waals surface area contributed by atoms with Crippen LogP contribution in [0.1, 0.15) is 121 Å². The van der Waals surface area contributed by atoms with E-state index >= 15 is 4.39 Å². The van der Waals surface area contributed by atoms with E-state index in [1.165, 1.54) is 29.0 Å². The quantitative estimate of drug-likeness (QED) is 0.145. The first kappa shape index (κ1) is 50.3. The topological polar surface area (TPSA) is 118 Å². The summed E-state index contributed by atoms with van der Waals surface area (Å²) in [5.41, 5.74) is 1.60. The highest BCUT2D eigenvalue weighted by atomic mass is 19.4. The number of halogens is 11. The van der Waals surface area contributed by atoms with Crippen LogP contribution in [-0.2, 0) is 6.18 Å². The van der Waals surface area contributed by atoms with Gasteiger partial charge in [0.2, 0.25) is 22.7 Å². The van der Waals surface area contributed by atoms with Crippen molar-refractivity contribution in [3.05, 3.63) is 126 Å². The summed E-state index contributed by atoms with van der Waals surface area (Å²) in [5.74, 6) is -7.03. The average molecular weight is 976 g/mol. The Morgan fingerprint density at radius 1 is 0.667 bits per heavy atom. The third kappa shape index (κ3) is 11.7. The molecule has 0 bridgehead atoms. The van der Waals surface area contributed by atoms with Crippen molar-refractivity contribution in [3.63, 3.8) is 0 Å². The number of hydrogen-bond donors (Lipinski definition) is 0. The molecule has 21 heteroatoms. The molecule has 69 heavy (non-hydrogen) atoms. The van der Waals surface area contributed by atoms with Crippen molar-refractivity contribution in [3.8, 4) is 5.75 Å². The van der Waals surface area contributed by atoms with Crippen molar-refractivity contribution in [1.29, 1.82) is 0 Å². The first-order chi connectivity index (χ1) is 32.2. The lowest BCUT2D eigenvalue weighted by Gasteiger charge is -2.30. The minimum atomic E-state index is -4.87. The Balaban J connectivity index is 0.000000204. The lowest BCUT2D eigenvalue weighted by molar-refractivity contribution is -0.274. The molecular formula is C48H44F11N7O3. The van der Waals surface area contributed by atoms with Gasteiger partial charge in [0.1, 0.15) is 28.2 Å². The van der Waals surface area contributed by atoms with E-state index < -0.39 is 64.2 Å². The van der Waals surface area contributed by atoms with Crippen LogP contribution in [-0.4, -0.2) is 52.7 Å². The number of rotatable bonds is 7. The molecule has 0 radical (unpaired) electrons. The van der Waals surface area contributed by atoms with Gasteiger partial charge in [-0.3, -0.25) is 23.9 Å². The van der Waals surface area contributed by atoms with Gasteiger partial charge in [-0.25, -0.2) is 31.9 Å². The molecule has 0 saturated heterocycles. The predicted molar refractivity (Wildman–Crippen MR) is 236 cm³/mol. The second-order valence-electron chi connectivity index (χ2n) is 17.3. The van der Waals surface area contributed by atoms with Gasteiger partial charge in [-0.15, -0.1) is 13.2 Å². The first-order valence-electron chi connectivity index (χ1n) is 21.7. The highest BCUT2D eigenvalue weighted by Gasteiger charge is 2.38. The van der Waals surface area contributed by atoms with Crippen molar-refractivity contribution in [2.75, 3.05) is 0 Å². The molecular weight excluding hydrogens is 932 g/mol.